The van der Waals surface area contributed by atoms with Crippen molar-refractivity contribution >= 4 is 29.2 Å². The smallest absolute Gasteiger partial charge is 0.347 e. The quantitative estimate of drug-likeness (QED) is 0.543. The molecule has 0 radical (unpaired) electrons. The molecule has 1 aromatic heterocycles. The number of rotatable bonds is 6. The number of hydrogen-bond donors (Lipinski definition) is 0. The molecule has 3 aromatic rings. The molecular formula is C19H15Cl2NO4. The van der Waals surface area contributed by atoms with Crippen LogP contribution in [-0.2, 0) is 16.1 Å². The van der Waals surface area contributed by atoms with E-state index < -0.39 is 12.1 Å². The molecule has 0 spiro atoms. The summed E-state index contributed by atoms with van der Waals surface area (Å²) in [4.78, 5) is 16.2. The lowest BCUT2D eigenvalue weighted by Crippen LogP contribution is -2.26. The fourth-order valence-electron chi connectivity index (χ4n) is 2.17. The fraction of sp³-hybridized carbons (Fsp3) is 0.158. The predicted molar refractivity (Wildman–Crippen MR) is 98.3 cm³/mol. The highest BCUT2D eigenvalue weighted by atomic mass is 35.5. The Morgan fingerprint density at radius 1 is 1.19 bits per heavy atom. The second-order valence-corrected chi connectivity index (χ2v) is 6.27. The first-order valence-electron chi connectivity index (χ1n) is 7.81. The third kappa shape index (κ3) is 4.56. The van der Waals surface area contributed by atoms with Crippen molar-refractivity contribution in [3.8, 4) is 17.1 Å². The molecule has 0 aliphatic carbocycles. The number of hydrogen-bond acceptors (Lipinski definition) is 5. The number of ether oxygens (including phenoxy) is 2. The summed E-state index contributed by atoms with van der Waals surface area (Å²) in [5, 5.41) is 0.799. The molecular weight excluding hydrogens is 377 g/mol. The standard InChI is InChI=1S/C19H15Cl2NO4/c1-12(25-16-8-7-14(20)9-15(16)21)19(23)24-11-18-22-10-17(26-18)13-5-3-2-4-6-13/h2-10,12H,11H2,1H3/t12-/m1/s1. The predicted octanol–water partition coefficient (Wildman–Crippen LogP) is 5.16. The number of halogens is 2. The highest BCUT2D eigenvalue weighted by Gasteiger charge is 2.19. The van der Waals surface area contributed by atoms with Crippen molar-refractivity contribution in [3.05, 3.63) is 70.7 Å². The fourth-order valence-corrected chi connectivity index (χ4v) is 2.63. The summed E-state index contributed by atoms with van der Waals surface area (Å²) in [5.41, 5.74) is 0.895. The first-order valence-corrected chi connectivity index (χ1v) is 8.57. The highest BCUT2D eigenvalue weighted by molar-refractivity contribution is 6.35. The SMILES string of the molecule is C[C@@H](Oc1ccc(Cl)cc1Cl)C(=O)OCc1ncc(-c2ccccc2)o1. The summed E-state index contributed by atoms with van der Waals surface area (Å²) in [6, 6.07) is 14.3. The molecule has 7 heteroatoms. The van der Waals surface area contributed by atoms with E-state index in [0.717, 1.165) is 5.56 Å². The molecule has 134 valence electrons. The molecule has 0 fully saturated rings. The van der Waals surface area contributed by atoms with E-state index in [2.05, 4.69) is 4.98 Å². The van der Waals surface area contributed by atoms with E-state index in [-0.39, 0.29) is 6.61 Å². The molecule has 0 saturated carbocycles. The van der Waals surface area contributed by atoms with Gasteiger partial charge < -0.3 is 13.9 Å². The number of nitrogens with zero attached hydrogens (tertiary/aromatic N) is 1. The number of benzene rings is 2. The minimum absolute atomic E-state index is 0.0896. The van der Waals surface area contributed by atoms with Gasteiger partial charge in [-0.2, -0.15) is 0 Å². The summed E-state index contributed by atoms with van der Waals surface area (Å²) >= 11 is 11.9. The van der Waals surface area contributed by atoms with Crippen LogP contribution in [0.2, 0.25) is 10.0 Å². The van der Waals surface area contributed by atoms with Crippen LogP contribution in [0.3, 0.4) is 0 Å². The van der Waals surface area contributed by atoms with Crippen LogP contribution in [0.1, 0.15) is 12.8 Å². The van der Waals surface area contributed by atoms with Gasteiger partial charge >= 0.3 is 5.97 Å². The van der Waals surface area contributed by atoms with Crippen LogP contribution in [0.5, 0.6) is 5.75 Å². The second-order valence-electron chi connectivity index (χ2n) is 5.43. The summed E-state index contributed by atoms with van der Waals surface area (Å²) in [7, 11) is 0. The van der Waals surface area contributed by atoms with E-state index in [1.165, 1.54) is 6.07 Å². The average molecular weight is 392 g/mol. The number of carbonyl (C=O) groups excluding carboxylic acids is 1. The van der Waals surface area contributed by atoms with Crippen molar-refractivity contribution < 1.29 is 18.7 Å². The molecule has 0 saturated heterocycles. The number of oxazole rings is 1. The maximum absolute atomic E-state index is 12.1. The molecule has 0 amide bonds. The van der Waals surface area contributed by atoms with Crippen molar-refractivity contribution in [3.63, 3.8) is 0 Å². The van der Waals surface area contributed by atoms with Gasteiger partial charge in [0.25, 0.3) is 0 Å². The van der Waals surface area contributed by atoms with Crippen molar-refractivity contribution in [1.29, 1.82) is 0 Å². The Hall–Kier alpha value is -2.50. The van der Waals surface area contributed by atoms with Crippen LogP contribution >= 0.6 is 23.2 Å². The summed E-state index contributed by atoms with van der Waals surface area (Å²) in [5.74, 6) is 0.696. The monoisotopic (exact) mass is 391 g/mol. The van der Waals surface area contributed by atoms with Crippen LogP contribution < -0.4 is 4.74 Å². The van der Waals surface area contributed by atoms with E-state index in [9.17, 15) is 4.79 Å². The summed E-state index contributed by atoms with van der Waals surface area (Å²) < 4.78 is 16.3. The Kier molecular flexibility index (Phi) is 5.81. The summed E-state index contributed by atoms with van der Waals surface area (Å²) in [6.45, 7) is 1.48. The Morgan fingerprint density at radius 3 is 2.69 bits per heavy atom. The molecule has 1 heterocycles. The zero-order valence-electron chi connectivity index (χ0n) is 13.8. The number of aromatic nitrogens is 1. The summed E-state index contributed by atoms with van der Waals surface area (Å²) in [6.07, 6.45) is 0.739. The Bertz CT molecular complexity index is 896. The lowest BCUT2D eigenvalue weighted by atomic mass is 10.2. The number of carbonyl (C=O) groups is 1. The zero-order valence-corrected chi connectivity index (χ0v) is 15.3. The molecule has 3 rings (SSSR count). The largest absolute Gasteiger partial charge is 0.477 e. The lowest BCUT2D eigenvalue weighted by molar-refractivity contribution is -0.153. The molecule has 26 heavy (non-hydrogen) atoms. The highest BCUT2D eigenvalue weighted by Crippen LogP contribution is 2.28. The van der Waals surface area contributed by atoms with Gasteiger partial charge in [0.15, 0.2) is 18.5 Å². The van der Waals surface area contributed by atoms with Crippen LogP contribution in [0.15, 0.2) is 59.1 Å². The Morgan fingerprint density at radius 2 is 1.96 bits per heavy atom. The second kappa shape index (κ2) is 8.25. The van der Waals surface area contributed by atoms with Gasteiger partial charge in [-0.15, -0.1) is 0 Å². The van der Waals surface area contributed by atoms with Crippen molar-refractivity contribution in [1.82, 2.24) is 4.98 Å². The molecule has 1 atom stereocenters. The molecule has 0 unspecified atom stereocenters. The normalized spacial score (nSPS) is 11.8. The van der Waals surface area contributed by atoms with Crippen molar-refractivity contribution in [2.75, 3.05) is 0 Å². The van der Waals surface area contributed by atoms with E-state index in [4.69, 9.17) is 37.1 Å². The minimum Gasteiger partial charge on any atom is -0.477 e. The minimum atomic E-state index is -0.850. The topological polar surface area (TPSA) is 61.6 Å². The van der Waals surface area contributed by atoms with Gasteiger partial charge in [0.05, 0.1) is 11.2 Å². The van der Waals surface area contributed by atoms with Gasteiger partial charge in [0, 0.05) is 10.6 Å². The first kappa shape index (κ1) is 18.3. The molecule has 2 aromatic carbocycles. The molecule has 0 aliphatic heterocycles. The van der Waals surface area contributed by atoms with Gasteiger partial charge in [-0.25, -0.2) is 9.78 Å². The van der Waals surface area contributed by atoms with Crippen LogP contribution in [-0.4, -0.2) is 17.1 Å². The molecule has 0 bridgehead atoms. The van der Waals surface area contributed by atoms with E-state index in [0.29, 0.717) is 27.4 Å². The maximum Gasteiger partial charge on any atom is 0.347 e. The van der Waals surface area contributed by atoms with Crippen molar-refractivity contribution in [2.45, 2.75) is 19.6 Å². The maximum atomic E-state index is 12.1. The molecule has 5 nitrogen and oxygen atoms in total. The van der Waals surface area contributed by atoms with Gasteiger partial charge in [-0.1, -0.05) is 53.5 Å². The van der Waals surface area contributed by atoms with E-state index in [1.807, 2.05) is 30.3 Å². The average Bonchev–Trinajstić information content (AvgIpc) is 3.11. The van der Waals surface area contributed by atoms with Gasteiger partial charge in [-0.3, -0.25) is 0 Å². The Labute approximate surface area is 160 Å². The van der Waals surface area contributed by atoms with Gasteiger partial charge in [-0.05, 0) is 25.1 Å². The number of esters is 1. The zero-order chi connectivity index (χ0) is 18.5. The van der Waals surface area contributed by atoms with Crippen LogP contribution in [0, 0.1) is 0 Å². The van der Waals surface area contributed by atoms with Gasteiger partial charge in [0.2, 0.25) is 5.89 Å². The van der Waals surface area contributed by atoms with Crippen molar-refractivity contribution in [2.24, 2.45) is 0 Å². The molecule has 0 N–H and O–H groups in total. The third-order valence-corrected chi connectivity index (χ3v) is 4.01. The molecule has 0 aliphatic rings. The Balaban J connectivity index is 1.56. The van der Waals surface area contributed by atoms with E-state index in [1.54, 1.807) is 25.3 Å². The van der Waals surface area contributed by atoms with Gasteiger partial charge in [0.1, 0.15) is 5.75 Å². The van der Waals surface area contributed by atoms with Crippen LogP contribution in [0.25, 0.3) is 11.3 Å². The lowest BCUT2D eigenvalue weighted by Gasteiger charge is -2.14. The third-order valence-electron chi connectivity index (χ3n) is 3.48. The van der Waals surface area contributed by atoms with E-state index >= 15 is 0 Å². The van der Waals surface area contributed by atoms with Crippen LogP contribution in [0.4, 0.5) is 0 Å². The first-order chi connectivity index (χ1) is 12.5.